The number of ether oxygens (including phenoxy) is 2. The van der Waals surface area contributed by atoms with Gasteiger partial charge in [0.05, 0.1) is 18.8 Å². The number of nitrogens with zero attached hydrogens (tertiary/aromatic N) is 1. The monoisotopic (exact) mass is 414 g/mol. The number of aryl methyl sites for hydroxylation is 1. The number of methoxy groups -OCH3 is 1. The minimum absolute atomic E-state index is 0. The Hall–Kier alpha value is -2.08. The number of fused-ring (bicyclic) bond motifs is 1. The average Bonchev–Trinajstić information content (AvgIpc) is 2.80. The molecule has 5 heteroatoms. The fraction of sp³-hybridized carbons (Fsp3) is 0.520. The fourth-order valence-electron chi connectivity index (χ4n) is 4.04. The van der Waals surface area contributed by atoms with Gasteiger partial charge in [-0.2, -0.15) is 0 Å². The zero-order valence-electron chi connectivity index (χ0n) is 18.4. The van der Waals surface area contributed by atoms with Crippen LogP contribution in [-0.4, -0.2) is 51.6 Å². The van der Waals surface area contributed by atoms with E-state index in [4.69, 9.17) is 14.6 Å². The summed E-state index contributed by atoms with van der Waals surface area (Å²) in [6, 6.07) is 14.8. The average molecular weight is 415 g/mol. The molecule has 1 fully saturated rings. The molecule has 0 aliphatic carbocycles. The maximum Gasteiger partial charge on any atom is 0.142 e. The first-order valence-corrected chi connectivity index (χ1v) is 11.1. The molecular formula is C25H38N2O3. The van der Waals surface area contributed by atoms with Gasteiger partial charge in [-0.3, -0.25) is 0 Å². The van der Waals surface area contributed by atoms with Crippen LogP contribution in [0, 0.1) is 6.92 Å². The smallest absolute Gasteiger partial charge is 0.142 e. The first-order valence-electron chi connectivity index (χ1n) is 11.1. The van der Waals surface area contributed by atoms with Crippen LogP contribution in [0.25, 0.3) is 0 Å². The molecular weight excluding hydrogens is 376 g/mol. The van der Waals surface area contributed by atoms with Gasteiger partial charge < -0.3 is 24.8 Å². The number of hydrogen-bond donors (Lipinski definition) is 2. The molecule has 0 atom stereocenters. The molecule has 5 nitrogen and oxygen atoms in total. The Morgan fingerprint density at radius 1 is 1.17 bits per heavy atom. The second-order valence-corrected chi connectivity index (χ2v) is 8.08. The molecule has 2 aliphatic heterocycles. The number of aliphatic hydroxyl groups is 1. The highest BCUT2D eigenvalue weighted by Gasteiger charge is 2.18. The van der Waals surface area contributed by atoms with Gasteiger partial charge in [-0.15, -0.1) is 0 Å². The molecule has 0 saturated carbocycles. The molecule has 0 amide bonds. The summed E-state index contributed by atoms with van der Waals surface area (Å²) in [6.45, 7) is 7.91. The Morgan fingerprint density at radius 3 is 2.63 bits per heavy atom. The van der Waals surface area contributed by atoms with Gasteiger partial charge in [0.1, 0.15) is 12.4 Å². The van der Waals surface area contributed by atoms with Crippen LogP contribution in [0.5, 0.6) is 5.75 Å². The zero-order valence-corrected chi connectivity index (χ0v) is 18.4. The van der Waals surface area contributed by atoms with E-state index in [9.17, 15) is 0 Å². The van der Waals surface area contributed by atoms with Crippen LogP contribution in [0.15, 0.2) is 42.5 Å². The van der Waals surface area contributed by atoms with Gasteiger partial charge in [0, 0.05) is 21.7 Å². The highest BCUT2D eigenvalue weighted by Crippen LogP contribution is 2.32. The van der Waals surface area contributed by atoms with E-state index in [1.807, 2.05) is 18.2 Å². The van der Waals surface area contributed by atoms with Crippen LogP contribution < -0.4 is 15.0 Å². The predicted molar refractivity (Wildman–Crippen MR) is 125 cm³/mol. The van der Waals surface area contributed by atoms with Crippen molar-refractivity contribution < 1.29 is 16.0 Å². The van der Waals surface area contributed by atoms with Crippen molar-refractivity contribution in [2.45, 2.75) is 38.7 Å². The highest BCUT2D eigenvalue weighted by atomic mass is 16.5. The number of rotatable bonds is 6. The van der Waals surface area contributed by atoms with E-state index in [0.717, 1.165) is 55.6 Å². The van der Waals surface area contributed by atoms with Crippen LogP contribution in [0.1, 0.15) is 43.3 Å². The second kappa shape index (κ2) is 11.9. The van der Waals surface area contributed by atoms with Crippen molar-refractivity contribution in [2.24, 2.45) is 0 Å². The Morgan fingerprint density at radius 2 is 1.93 bits per heavy atom. The van der Waals surface area contributed by atoms with Crippen molar-refractivity contribution in [3.8, 4) is 5.75 Å². The number of piperidine rings is 1. The lowest BCUT2D eigenvalue weighted by atomic mass is 9.90. The van der Waals surface area contributed by atoms with E-state index >= 15 is 0 Å². The molecule has 0 aromatic heterocycles. The molecule has 4 rings (SSSR count). The lowest BCUT2D eigenvalue weighted by Gasteiger charge is -2.31. The molecule has 1 saturated heterocycles. The second-order valence-electron chi connectivity index (χ2n) is 8.08. The van der Waals surface area contributed by atoms with Crippen molar-refractivity contribution in [2.75, 3.05) is 51.4 Å². The highest BCUT2D eigenvalue weighted by molar-refractivity contribution is 5.61. The quantitative estimate of drug-likeness (QED) is 0.697. The summed E-state index contributed by atoms with van der Waals surface area (Å²) in [5.74, 6) is 1.70. The summed E-state index contributed by atoms with van der Waals surface area (Å²) in [7, 11) is 1.72. The number of nitrogens with one attached hydrogen (secondary N) is 1. The normalized spacial score (nSPS) is 16.3. The SMILES string of the molecule is COCCCN1CCOc2ccc(CO)cc21.Cc1ccc(C2CCNCC2)cc1.[HH]. The van der Waals surface area contributed by atoms with Crippen LogP contribution >= 0.6 is 0 Å². The van der Waals surface area contributed by atoms with E-state index in [-0.39, 0.29) is 8.03 Å². The first-order chi connectivity index (χ1) is 14.7. The van der Waals surface area contributed by atoms with Gasteiger partial charge in [0.15, 0.2) is 0 Å². The fourth-order valence-corrected chi connectivity index (χ4v) is 4.04. The Bertz CT molecular complexity index is 764. The number of hydrogen-bond acceptors (Lipinski definition) is 5. The van der Waals surface area contributed by atoms with Gasteiger partial charge in [-0.05, 0) is 68.5 Å². The van der Waals surface area contributed by atoms with E-state index in [0.29, 0.717) is 0 Å². The minimum Gasteiger partial charge on any atom is -0.490 e. The molecule has 2 N–H and O–H groups in total. The van der Waals surface area contributed by atoms with Crippen molar-refractivity contribution in [1.29, 1.82) is 0 Å². The number of anilines is 1. The standard InChI is InChI=1S/C13H19NO3.C12H17N.H2/c1-16-7-2-5-14-6-8-17-13-4-3-11(10-15)9-12(13)14;1-10-2-4-11(5-3-10)12-6-8-13-9-7-12;/h3-4,9,15H,2,5-8,10H2,1H3;2-5,12-13H,6-9H2,1H3;1H. The molecule has 166 valence electrons. The van der Waals surface area contributed by atoms with Gasteiger partial charge >= 0.3 is 0 Å². The van der Waals surface area contributed by atoms with Crippen LogP contribution in [0.3, 0.4) is 0 Å². The summed E-state index contributed by atoms with van der Waals surface area (Å²) in [4.78, 5) is 2.29. The molecule has 0 unspecified atom stereocenters. The summed E-state index contributed by atoms with van der Waals surface area (Å²) >= 11 is 0. The summed E-state index contributed by atoms with van der Waals surface area (Å²) in [5.41, 5.74) is 4.88. The molecule has 2 aliphatic rings. The van der Waals surface area contributed by atoms with Crippen molar-refractivity contribution in [3.05, 3.63) is 59.2 Å². The van der Waals surface area contributed by atoms with E-state index in [2.05, 4.69) is 41.4 Å². The van der Waals surface area contributed by atoms with Gasteiger partial charge in [0.2, 0.25) is 0 Å². The Labute approximate surface area is 182 Å². The van der Waals surface area contributed by atoms with Crippen molar-refractivity contribution >= 4 is 5.69 Å². The third-order valence-corrected chi connectivity index (χ3v) is 5.83. The Balaban J connectivity index is 0.000000220. The first kappa shape index (κ1) is 22.6. The molecule has 0 bridgehead atoms. The maximum atomic E-state index is 9.16. The molecule has 0 radical (unpaired) electrons. The van der Waals surface area contributed by atoms with Gasteiger partial charge in [-0.25, -0.2) is 0 Å². The minimum atomic E-state index is 0. The van der Waals surface area contributed by atoms with Crippen molar-refractivity contribution in [3.63, 3.8) is 0 Å². The molecule has 2 aromatic carbocycles. The third-order valence-electron chi connectivity index (χ3n) is 5.83. The Kier molecular flexibility index (Phi) is 9.00. The lowest BCUT2D eigenvalue weighted by Crippen LogP contribution is -2.34. The van der Waals surface area contributed by atoms with Gasteiger partial charge in [0.25, 0.3) is 0 Å². The zero-order chi connectivity index (χ0) is 21.2. The summed E-state index contributed by atoms with van der Waals surface area (Å²) < 4.78 is 10.7. The van der Waals surface area contributed by atoms with E-state index in [1.165, 1.54) is 37.1 Å². The van der Waals surface area contributed by atoms with Crippen molar-refractivity contribution in [1.82, 2.24) is 5.32 Å². The van der Waals surface area contributed by atoms with E-state index < -0.39 is 0 Å². The van der Waals surface area contributed by atoms with Gasteiger partial charge in [-0.1, -0.05) is 35.9 Å². The molecule has 2 aromatic rings. The van der Waals surface area contributed by atoms with E-state index in [1.54, 1.807) is 7.11 Å². The largest absolute Gasteiger partial charge is 0.490 e. The van der Waals surface area contributed by atoms with Crippen LogP contribution in [0.2, 0.25) is 0 Å². The summed E-state index contributed by atoms with van der Waals surface area (Å²) in [5, 5.41) is 12.6. The molecule has 0 spiro atoms. The van der Waals surface area contributed by atoms with Crippen LogP contribution in [-0.2, 0) is 11.3 Å². The summed E-state index contributed by atoms with van der Waals surface area (Å²) in [6.07, 6.45) is 3.59. The van der Waals surface area contributed by atoms with Crippen LogP contribution in [0.4, 0.5) is 5.69 Å². The lowest BCUT2D eigenvalue weighted by molar-refractivity contribution is 0.195. The molecule has 2 heterocycles. The topological polar surface area (TPSA) is 54.0 Å². The number of benzene rings is 2. The third kappa shape index (κ3) is 6.46. The maximum absolute atomic E-state index is 9.16. The molecule has 30 heavy (non-hydrogen) atoms. The predicted octanol–water partition coefficient (Wildman–Crippen LogP) is 4.12. The number of aliphatic hydroxyl groups excluding tert-OH is 1.